The Balaban J connectivity index is 1.53. The maximum Gasteiger partial charge on any atom is 0.225 e. The molecule has 0 bridgehead atoms. The van der Waals surface area contributed by atoms with Gasteiger partial charge in [0.05, 0.1) is 40.3 Å². The van der Waals surface area contributed by atoms with Crippen molar-refractivity contribution in [3.05, 3.63) is 59.5 Å². The van der Waals surface area contributed by atoms with E-state index in [4.69, 9.17) is 19.7 Å². The van der Waals surface area contributed by atoms with Gasteiger partial charge in [-0.05, 0) is 38.8 Å². The van der Waals surface area contributed by atoms with Crippen LogP contribution in [0.25, 0.3) is 20.8 Å². The first-order valence-corrected chi connectivity index (χ1v) is 13.2. The number of benzene rings is 1. The lowest BCUT2D eigenvalue weighted by atomic mass is 10.1. The zero-order chi connectivity index (χ0) is 26.1. The molecule has 5 atom stereocenters. The molecule has 1 aliphatic carbocycles. The Morgan fingerprint density at radius 2 is 1.92 bits per heavy atom. The number of aryl methyl sites for hydroxylation is 2. The lowest BCUT2D eigenvalue weighted by molar-refractivity contribution is -0.0200. The zero-order valence-corrected chi connectivity index (χ0v) is 22.2. The molecule has 10 heteroatoms. The van der Waals surface area contributed by atoms with Crippen LogP contribution in [0.2, 0.25) is 0 Å². The average molecular weight is 521 g/mol. The lowest BCUT2D eigenvalue weighted by Crippen LogP contribution is -2.37. The quantitative estimate of drug-likeness (QED) is 0.272. The topological polar surface area (TPSA) is 125 Å². The summed E-state index contributed by atoms with van der Waals surface area (Å²) in [6.45, 7) is 5.98. The highest BCUT2D eigenvalue weighted by molar-refractivity contribution is 7.21. The highest BCUT2D eigenvalue weighted by atomic mass is 32.1. The Hall–Kier alpha value is -3.18. The van der Waals surface area contributed by atoms with Crippen LogP contribution in [0.1, 0.15) is 36.2 Å². The number of pyridine rings is 1. The van der Waals surface area contributed by atoms with Gasteiger partial charge in [-0.2, -0.15) is 4.98 Å². The van der Waals surface area contributed by atoms with Crippen LogP contribution in [0.3, 0.4) is 0 Å². The third-order valence-corrected chi connectivity index (χ3v) is 8.07. The van der Waals surface area contributed by atoms with Gasteiger partial charge in [0.2, 0.25) is 5.95 Å². The predicted molar refractivity (Wildman–Crippen MR) is 146 cm³/mol. The van der Waals surface area contributed by atoms with Crippen LogP contribution in [0.15, 0.2) is 42.7 Å². The summed E-state index contributed by atoms with van der Waals surface area (Å²) < 4.78 is 6.65. The summed E-state index contributed by atoms with van der Waals surface area (Å²) >= 11 is 1.55. The smallest absolute Gasteiger partial charge is 0.225 e. The van der Waals surface area contributed by atoms with Gasteiger partial charge in [-0.1, -0.05) is 29.8 Å². The molecule has 0 amide bonds. The number of aromatic nitrogens is 4. The monoisotopic (exact) mass is 520 g/mol. The molecule has 0 radical (unpaired) electrons. The fraction of sp³-hybridized carbons (Fsp3) is 0.407. The van der Waals surface area contributed by atoms with Crippen molar-refractivity contribution in [1.82, 2.24) is 19.9 Å². The molecular formula is C27H32N6O3S. The molecule has 3 heterocycles. The van der Waals surface area contributed by atoms with Gasteiger partial charge in [0.15, 0.2) is 0 Å². The number of hydrogen-bond acceptors (Lipinski definition) is 10. The number of thiazole rings is 1. The summed E-state index contributed by atoms with van der Waals surface area (Å²) in [5.41, 5.74) is 4.72. The molecule has 194 valence electrons. The molecule has 3 aromatic heterocycles. The van der Waals surface area contributed by atoms with Crippen molar-refractivity contribution >= 4 is 33.3 Å². The molecule has 1 aromatic carbocycles. The molecule has 4 N–H and O–H groups in total. The van der Waals surface area contributed by atoms with Crippen LogP contribution in [-0.2, 0) is 4.74 Å². The second-order valence-corrected chi connectivity index (χ2v) is 10.6. The largest absolute Gasteiger partial charge is 0.396 e. The van der Waals surface area contributed by atoms with Gasteiger partial charge < -0.3 is 25.6 Å². The molecule has 0 aliphatic heterocycles. The minimum absolute atomic E-state index is 0.00831. The number of methoxy groups -OCH3 is 1. The minimum Gasteiger partial charge on any atom is -0.396 e. The molecule has 5 rings (SSSR count). The van der Waals surface area contributed by atoms with Crippen molar-refractivity contribution in [3.63, 3.8) is 0 Å². The lowest BCUT2D eigenvalue weighted by Gasteiger charge is -2.24. The fourth-order valence-corrected chi connectivity index (χ4v) is 5.96. The highest BCUT2D eigenvalue weighted by Crippen LogP contribution is 2.38. The normalized spacial score (nSPS) is 22.3. The van der Waals surface area contributed by atoms with Crippen LogP contribution in [0.4, 0.5) is 11.8 Å². The van der Waals surface area contributed by atoms with Crippen molar-refractivity contribution in [2.24, 2.45) is 5.92 Å². The van der Waals surface area contributed by atoms with E-state index in [1.807, 2.05) is 13.0 Å². The molecular weight excluding hydrogens is 488 g/mol. The van der Waals surface area contributed by atoms with Crippen LogP contribution < -0.4 is 10.6 Å². The fourth-order valence-electron chi connectivity index (χ4n) is 4.93. The van der Waals surface area contributed by atoms with E-state index in [9.17, 15) is 10.2 Å². The number of nitrogens with one attached hydrogen (secondary N) is 2. The molecule has 1 fully saturated rings. The van der Waals surface area contributed by atoms with Gasteiger partial charge in [0, 0.05) is 25.8 Å². The summed E-state index contributed by atoms with van der Waals surface area (Å²) in [7, 11) is 1.57. The van der Waals surface area contributed by atoms with E-state index >= 15 is 0 Å². The second-order valence-electron chi connectivity index (χ2n) is 9.62. The summed E-state index contributed by atoms with van der Waals surface area (Å²) in [4.78, 5) is 18.7. The van der Waals surface area contributed by atoms with E-state index in [1.165, 1.54) is 5.56 Å². The van der Waals surface area contributed by atoms with E-state index in [0.29, 0.717) is 18.2 Å². The number of ether oxygens (including phenoxy) is 1. The number of hydrogen-bond donors (Lipinski definition) is 4. The van der Waals surface area contributed by atoms with E-state index in [0.717, 1.165) is 32.0 Å². The Morgan fingerprint density at radius 1 is 1.14 bits per heavy atom. The van der Waals surface area contributed by atoms with E-state index in [-0.39, 0.29) is 24.6 Å². The van der Waals surface area contributed by atoms with Crippen LogP contribution in [0, 0.1) is 19.8 Å². The van der Waals surface area contributed by atoms with Gasteiger partial charge in [0.1, 0.15) is 22.4 Å². The number of rotatable bonds is 8. The summed E-state index contributed by atoms with van der Waals surface area (Å²) in [6.07, 6.45) is 2.79. The Bertz CT molecular complexity index is 1350. The van der Waals surface area contributed by atoms with Gasteiger partial charge >= 0.3 is 0 Å². The van der Waals surface area contributed by atoms with Crippen LogP contribution >= 0.6 is 11.3 Å². The van der Waals surface area contributed by atoms with E-state index in [1.54, 1.807) is 30.8 Å². The molecule has 1 aliphatic rings. The number of aliphatic hydroxyl groups excluding tert-OH is 2. The van der Waals surface area contributed by atoms with Gasteiger partial charge in [-0.25, -0.2) is 9.97 Å². The third-order valence-electron chi connectivity index (χ3n) is 7.02. The zero-order valence-electron chi connectivity index (χ0n) is 21.3. The summed E-state index contributed by atoms with van der Waals surface area (Å²) in [6, 6.07) is 10.1. The third kappa shape index (κ3) is 5.15. The molecule has 0 saturated heterocycles. The molecule has 0 spiro atoms. The van der Waals surface area contributed by atoms with Crippen LogP contribution in [-0.4, -0.2) is 62.1 Å². The Labute approximate surface area is 220 Å². The maximum atomic E-state index is 10.7. The first kappa shape index (κ1) is 25.5. The average Bonchev–Trinajstić information content (AvgIpc) is 3.44. The van der Waals surface area contributed by atoms with Gasteiger partial charge in [-0.3, -0.25) is 4.98 Å². The van der Waals surface area contributed by atoms with E-state index < -0.39 is 12.2 Å². The number of nitrogens with zero attached hydrogens (tertiary/aromatic N) is 4. The Kier molecular flexibility index (Phi) is 7.34. The van der Waals surface area contributed by atoms with E-state index in [2.05, 4.69) is 53.7 Å². The second kappa shape index (κ2) is 10.7. The van der Waals surface area contributed by atoms with Gasteiger partial charge in [0.25, 0.3) is 0 Å². The highest BCUT2D eigenvalue weighted by Gasteiger charge is 2.43. The molecule has 1 saturated carbocycles. The minimum atomic E-state index is -0.772. The predicted octanol–water partition coefficient (Wildman–Crippen LogP) is 4.11. The number of anilines is 2. The molecule has 37 heavy (non-hydrogen) atoms. The summed E-state index contributed by atoms with van der Waals surface area (Å²) in [5, 5.41) is 28.2. The first-order valence-electron chi connectivity index (χ1n) is 12.4. The molecule has 4 aromatic rings. The van der Waals surface area contributed by atoms with Crippen molar-refractivity contribution in [2.45, 2.75) is 51.5 Å². The first-order chi connectivity index (χ1) is 17.9. The van der Waals surface area contributed by atoms with Crippen molar-refractivity contribution < 1.29 is 14.9 Å². The van der Waals surface area contributed by atoms with Crippen molar-refractivity contribution in [1.29, 1.82) is 0 Å². The SMILES string of the molecule is COC1C(Nc2nc(NC(C)c3ccc(C)cc3)nc(C)c2-c2nc3cnccc3s2)CC(CO)C1O. The van der Waals surface area contributed by atoms with Crippen molar-refractivity contribution in [2.75, 3.05) is 24.4 Å². The van der Waals surface area contributed by atoms with Crippen LogP contribution in [0.5, 0.6) is 0 Å². The molecule has 5 unspecified atom stereocenters. The molecule has 9 nitrogen and oxygen atoms in total. The number of fused-ring (bicyclic) bond motifs is 1. The number of aliphatic hydroxyl groups is 2. The van der Waals surface area contributed by atoms with Crippen molar-refractivity contribution in [3.8, 4) is 10.6 Å². The van der Waals surface area contributed by atoms with Gasteiger partial charge in [-0.15, -0.1) is 11.3 Å². The summed E-state index contributed by atoms with van der Waals surface area (Å²) in [5.74, 6) is 0.822. The Morgan fingerprint density at radius 3 is 2.62 bits per heavy atom. The standard InChI is InChI=1S/C27H32N6O3S/c1-14-5-7-17(8-6-14)15(2)29-27-30-16(3)22(26-32-20-12-28-10-9-21(20)37-26)25(33-27)31-19-11-18(13-34)23(35)24(19)36-4/h5-10,12,15,18-19,23-24,34-35H,11,13H2,1-4H3,(H2,29,30,31,33). The maximum absolute atomic E-state index is 10.7.